The molecular weight excluding hydrogens is 359 g/mol. The molecule has 0 radical (unpaired) electrons. The van der Waals surface area contributed by atoms with E-state index in [9.17, 15) is 19.3 Å². The van der Waals surface area contributed by atoms with Crippen molar-refractivity contribution >= 4 is 23.4 Å². The molecule has 2 aromatic carbocycles. The van der Waals surface area contributed by atoms with E-state index in [4.69, 9.17) is 4.74 Å². The molecule has 0 aliphatic heterocycles. The van der Waals surface area contributed by atoms with Crippen molar-refractivity contribution in [2.75, 3.05) is 19.9 Å². The highest BCUT2D eigenvalue weighted by atomic mass is 32.2. The van der Waals surface area contributed by atoms with Gasteiger partial charge in [0.25, 0.3) is 0 Å². The zero-order chi connectivity index (χ0) is 19.1. The lowest BCUT2D eigenvalue weighted by molar-refractivity contribution is -0.385. The summed E-state index contributed by atoms with van der Waals surface area (Å²) in [5, 5.41) is 11.0. The van der Waals surface area contributed by atoms with Gasteiger partial charge >= 0.3 is 5.69 Å². The Hall–Kier alpha value is -2.61. The van der Waals surface area contributed by atoms with E-state index >= 15 is 0 Å². The maximum atomic E-state index is 13.6. The SMILES string of the molecule is COc1ccc(CSCC(=O)N(C)Cc2ccccc2F)cc1[N+](=O)[O-]. The van der Waals surface area contributed by atoms with Gasteiger partial charge in [-0.3, -0.25) is 14.9 Å². The van der Waals surface area contributed by atoms with Crippen LogP contribution in [0.5, 0.6) is 5.75 Å². The predicted molar refractivity (Wildman–Crippen MR) is 98.7 cm³/mol. The van der Waals surface area contributed by atoms with Crippen LogP contribution < -0.4 is 4.74 Å². The number of nitro benzene ring substituents is 1. The summed E-state index contributed by atoms with van der Waals surface area (Å²) in [4.78, 5) is 24.2. The maximum absolute atomic E-state index is 13.6. The normalized spacial score (nSPS) is 10.4. The molecule has 0 bridgehead atoms. The fraction of sp³-hybridized carbons (Fsp3) is 0.278. The lowest BCUT2D eigenvalue weighted by Crippen LogP contribution is -2.28. The third-order valence-electron chi connectivity index (χ3n) is 3.73. The summed E-state index contributed by atoms with van der Waals surface area (Å²) in [5.41, 5.74) is 1.08. The van der Waals surface area contributed by atoms with Gasteiger partial charge in [0.1, 0.15) is 5.82 Å². The van der Waals surface area contributed by atoms with Crippen molar-refractivity contribution in [3.8, 4) is 5.75 Å². The number of nitro groups is 1. The summed E-state index contributed by atoms with van der Waals surface area (Å²) in [6.07, 6.45) is 0. The van der Waals surface area contributed by atoms with Crippen molar-refractivity contribution in [3.63, 3.8) is 0 Å². The minimum Gasteiger partial charge on any atom is -0.490 e. The van der Waals surface area contributed by atoms with Crippen LogP contribution in [0.15, 0.2) is 42.5 Å². The average Bonchev–Trinajstić information content (AvgIpc) is 2.63. The second-order valence-corrected chi connectivity index (χ2v) is 6.58. The summed E-state index contributed by atoms with van der Waals surface area (Å²) in [7, 11) is 2.99. The molecule has 0 fully saturated rings. The van der Waals surface area contributed by atoms with Gasteiger partial charge in [-0.05, 0) is 17.7 Å². The van der Waals surface area contributed by atoms with Crippen LogP contribution in [0.4, 0.5) is 10.1 Å². The molecule has 0 aromatic heterocycles. The van der Waals surface area contributed by atoms with E-state index in [2.05, 4.69) is 0 Å². The first-order valence-corrected chi connectivity index (χ1v) is 8.94. The fourth-order valence-corrected chi connectivity index (χ4v) is 3.22. The lowest BCUT2D eigenvalue weighted by atomic mass is 10.2. The van der Waals surface area contributed by atoms with Crippen LogP contribution in [0.3, 0.4) is 0 Å². The van der Waals surface area contributed by atoms with Crippen molar-refractivity contribution in [3.05, 3.63) is 69.5 Å². The van der Waals surface area contributed by atoms with Gasteiger partial charge in [0.05, 0.1) is 17.8 Å². The maximum Gasteiger partial charge on any atom is 0.311 e. The average molecular weight is 378 g/mol. The van der Waals surface area contributed by atoms with E-state index in [1.54, 1.807) is 37.4 Å². The van der Waals surface area contributed by atoms with Gasteiger partial charge in [0.15, 0.2) is 5.75 Å². The second-order valence-electron chi connectivity index (χ2n) is 5.60. The van der Waals surface area contributed by atoms with Gasteiger partial charge in [-0.2, -0.15) is 0 Å². The Labute approximate surface area is 155 Å². The topological polar surface area (TPSA) is 72.7 Å². The van der Waals surface area contributed by atoms with Gasteiger partial charge in [0, 0.05) is 31.0 Å². The van der Waals surface area contributed by atoms with Crippen molar-refractivity contribution in [1.29, 1.82) is 0 Å². The first kappa shape index (κ1) is 19.7. The highest BCUT2D eigenvalue weighted by molar-refractivity contribution is 7.99. The summed E-state index contributed by atoms with van der Waals surface area (Å²) in [5.74, 6) is 0.366. The van der Waals surface area contributed by atoms with Crippen molar-refractivity contribution in [2.24, 2.45) is 0 Å². The molecule has 2 aromatic rings. The number of thioether (sulfide) groups is 1. The Morgan fingerprint density at radius 1 is 1.31 bits per heavy atom. The molecule has 0 spiro atoms. The summed E-state index contributed by atoms with van der Waals surface area (Å²) in [6, 6.07) is 11.0. The van der Waals surface area contributed by atoms with Crippen molar-refractivity contribution < 1.29 is 18.8 Å². The molecule has 0 unspecified atom stereocenters. The van der Waals surface area contributed by atoms with E-state index in [1.807, 2.05) is 0 Å². The van der Waals surface area contributed by atoms with Crippen LogP contribution in [0.2, 0.25) is 0 Å². The molecule has 0 aliphatic rings. The molecule has 0 saturated heterocycles. The van der Waals surface area contributed by atoms with E-state index in [1.165, 1.54) is 35.9 Å². The Morgan fingerprint density at radius 3 is 2.69 bits per heavy atom. The summed E-state index contributed by atoms with van der Waals surface area (Å²) < 4.78 is 18.6. The van der Waals surface area contributed by atoms with Crippen LogP contribution in [0, 0.1) is 15.9 Å². The minimum absolute atomic E-state index is 0.103. The molecule has 6 nitrogen and oxygen atoms in total. The molecule has 138 valence electrons. The number of carbonyl (C=O) groups is 1. The number of hydrogen-bond acceptors (Lipinski definition) is 5. The van der Waals surface area contributed by atoms with Gasteiger partial charge in [-0.15, -0.1) is 11.8 Å². The molecular formula is C18H19FN2O4S. The second kappa shape index (κ2) is 9.19. The van der Waals surface area contributed by atoms with Gasteiger partial charge in [-0.1, -0.05) is 24.3 Å². The number of ether oxygens (including phenoxy) is 1. The quantitative estimate of drug-likeness (QED) is 0.518. The molecule has 2 rings (SSSR count). The van der Waals surface area contributed by atoms with Gasteiger partial charge < -0.3 is 9.64 Å². The largest absolute Gasteiger partial charge is 0.490 e. The monoisotopic (exact) mass is 378 g/mol. The number of halogens is 1. The van der Waals surface area contributed by atoms with Crippen molar-refractivity contribution in [1.82, 2.24) is 4.90 Å². The van der Waals surface area contributed by atoms with Crippen LogP contribution in [0.1, 0.15) is 11.1 Å². The number of hydrogen-bond donors (Lipinski definition) is 0. The van der Waals surface area contributed by atoms with Crippen LogP contribution in [0.25, 0.3) is 0 Å². The standard InChI is InChI=1S/C18H19FN2O4S/c1-20(10-14-5-3-4-6-15(14)19)18(22)12-26-11-13-7-8-17(25-2)16(9-13)21(23)24/h3-9H,10-12H2,1-2H3. The Kier molecular flexibility index (Phi) is 6.97. The predicted octanol–water partition coefficient (Wildman–Crippen LogP) is 3.63. The fourth-order valence-electron chi connectivity index (χ4n) is 2.30. The van der Waals surface area contributed by atoms with Crippen LogP contribution in [-0.4, -0.2) is 35.6 Å². The Morgan fingerprint density at radius 2 is 2.04 bits per heavy atom. The molecule has 0 atom stereocenters. The molecule has 1 amide bonds. The summed E-state index contributed by atoms with van der Waals surface area (Å²) >= 11 is 1.34. The first-order chi connectivity index (χ1) is 12.4. The van der Waals surface area contributed by atoms with Crippen LogP contribution >= 0.6 is 11.8 Å². The van der Waals surface area contributed by atoms with E-state index in [0.717, 1.165) is 5.56 Å². The zero-order valence-corrected chi connectivity index (χ0v) is 15.3. The molecule has 0 aliphatic carbocycles. The minimum atomic E-state index is -0.500. The molecule has 8 heteroatoms. The molecule has 0 saturated carbocycles. The third kappa shape index (κ3) is 5.19. The number of nitrogens with zero attached hydrogens (tertiary/aromatic N) is 2. The van der Waals surface area contributed by atoms with Gasteiger partial charge in [-0.25, -0.2) is 4.39 Å². The zero-order valence-electron chi connectivity index (χ0n) is 14.5. The first-order valence-electron chi connectivity index (χ1n) is 7.78. The van der Waals surface area contributed by atoms with Crippen molar-refractivity contribution in [2.45, 2.75) is 12.3 Å². The Balaban J connectivity index is 1.89. The van der Waals surface area contributed by atoms with E-state index in [0.29, 0.717) is 11.3 Å². The molecule has 0 N–H and O–H groups in total. The summed E-state index contributed by atoms with van der Waals surface area (Å²) in [6.45, 7) is 0.195. The molecule has 26 heavy (non-hydrogen) atoms. The van der Waals surface area contributed by atoms with Crippen LogP contribution in [-0.2, 0) is 17.1 Å². The number of carbonyl (C=O) groups excluding carboxylic acids is 1. The highest BCUT2D eigenvalue weighted by Gasteiger charge is 2.16. The highest BCUT2D eigenvalue weighted by Crippen LogP contribution is 2.29. The van der Waals surface area contributed by atoms with Gasteiger partial charge in [0.2, 0.25) is 5.91 Å². The Bertz CT molecular complexity index is 801. The molecule has 0 heterocycles. The number of amides is 1. The number of benzene rings is 2. The number of methoxy groups -OCH3 is 1. The van der Waals surface area contributed by atoms with E-state index in [-0.39, 0.29) is 35.5 Å². The smallest absolute Gasteiger partial charge is 0.311 e. The third-order valence-corrected chi connectivity index (χ3v) is 4.71. The van der Waals surface area contributed by atoms with E-state index < -0.39 is 4.92 Å². The lowest BCUT2D eigenvalue weighted by Gasteiger charge is -2.17. The number of rotatable bonds is 8.